The average molecular weight is 281 g/mol. The van der Waals surface area contributed by atoms with E-state index < -0.39 is 0 Å². The third-order valence-electron chi connectivity index (χ3n) is 3.62. The van der Waals surface area contributed by atoms with Crippen molar-refractivity contribution in [3.8, 4) is 5.88 Å². The van der Waals surface area contributed by atoms with E-state index in [2.05, 4.69) is 21.5 Å². The first-order valence-electron chi connectivity index (χ1n) is 6.98. The minimum atomic E-state index is 0.522. The van der Waals surface area contributed by atoms with Gasteiger partial charge in [0.05, 0.1) is 12.2 Å². The van der Waals surface area contributed by atoms with Gasteiger partial charge in [-0.25, -0.2) is 9.97 Å². The monoisotopic (exact) mass is 281 g/mol. The molecule has 1 N–H and O–H groups in total. The van der Waals surface area contributed by atoms with E-state index in [0.717, 1.165) is 16.6 Å². The van der Waals surface area contributed by atoms with Crippen molar-refractivity contribution >= 4 is 17.6 Å². The molecule has 2 unspecified atom stereocenters. The smallest absolute Gasteiger partial charge is 0.221 e. The molecule has 106 valence electrons. The molecule has 1 fully saturated rings. The Morgan fingerprint density at radius 2 is 2.26 bits per heavy atom. The number of aromatic nitrogens is 2. The van der Waals surface area contributed by atoms with Crippen molar-refractivity contribution in [1.82, 2.24) is 9.97 Å². The molecule has 2 rings (SSSR count). The van der Waals surface area contributed by atoms with Crippen LogP contribution in [-0.2, 0) is 0 Å². The third kappa shape index (κ3) is 3.75. The first-order chi connectivity index (χ1) is 9.24. The molecule has 1 aliphatic carbocycles. The number of nitrogens with one attached hydrogen (secondary N) is 1. The highest BCUT2D eigenvalue weighted by Gasteiger charge is 2.22. The van der Waals surface area contributed by atoms with E-state index in [1.807, 2.05) is 25.6 Å². The lowest BCUT2D eigenvalue weighted by Crippen LogP contribution is -2.29. The summed E-state index contributed by atoms with van der Waals surface area (Å²) in [5.41, 5.74) is 1.01. The van der Waals surface area contributed by atoms with E-state index in [9.17, 15) is 0 Å². The molecule has 1 saturated carbocycles. The van der Waals surface area contributed by atoms with Crippen molar-refractivity contribution in [3.05, 3.63) is 11.9 Å². The van der Waals surface area contributed by atoms with Gasteiger partial charge < -0.3 is 10.1 Å². The molecular formula is C14H23N3OS. The first-order valence-corrected chi connectivity index (χ1v) is 8.27. The molecule has 1 aromatic heterocycles. The van der Waals surface area contributed by atoms with E-state index in [4.69, 9.17) is 4.74 Å². The van der Waals surface area contributed by atoms with Crippen molar-refractivity contribution in [2.75, 3.05) is 18.2 Å². The second-order valence-corrected chi connectivity index (χ2v) is 6.09. The molecule has 4 nitrogen and oxygen atoms in total. The summed E-state index contributed by atoms with van der Waals surface area (Å²) >= 11 is 1.98. The molecule has 1 aromatic rings. The zero-order valence-corrected chi connectivity index (χ0v) is 12.8. The lowest BCUT2D eigenvalue weighted by molar-refractivity contribution is 0.323. The maximum atomic E-state index is 5.51. The first kappa shape index (κ1) is 14.4. The maximum absolute atomic E-state index is 5.51. The van der Waals surface area contributed by atoms with Gasteiger partial charge in [-0.05, 0) is 39.4 Å². The van der Waals surface area contributed by atoms with Crippen LogP contribution in [0.4, 0.5) is 5.82 Å². The highest BCUT2D eigenvalue weighted by Crippen LogP contribution is 2.30. The molecule has 0 saturated heterocycles. The molecule has 0 aromatic carbocycles. The summed E-state index contributed by atoms with van der Waals surface area (Å²) in [5.74, 6) is 1.61. The lowest BCUT2D eigenvalue weighted by Gasteiger charge is -2.29. The molecular weight excluding hydrogens is 258 g/mol. The number of thioether (sulfide) groups is 1. The van der Waals surface area contributed by atoms with Gasteiger partial charge in [-0.1, -0.05) is 6.42 Å². The van der Waals surface area contributed by atoms with Crippen LogP contribution in [-0.4, -0.2) is 34.1 Å². The van der Waals surface area contributed by atoms with E-state index in [-0.39, 0.29) is 0 Å². The van der Waals surface area contributed by atoms with Crippen molar-refractivity contribution in [3.63, 3.8) is 0 Å². The molecule has 1 heterocycles. The lowest BCUT2D eigenvalue weighted by atomic mass is 9.95. The van der Waals surface area contributed by atoms with E-state index in [0.29, 0.717) is 18.5 Å². The summed E-state index contributed by atoms with van der Waals surface area (Å²) in [4.78, 5) is 8.53. The highest BCUT2D eigenvalue weighted by atomic mass is 32.2. The van der Waals surface area contributed by atoms with Crippen LogP contribution in [0.25, 0.3) is 0 Å². The fraction of sp³-hybridized carbons (Fsp3) is 0.714. The fourth-order valence-corrected chi connectivity index (χ4v) is 3.37. The standard InChI is InChI=1S/C14H23N3OS/c1-4-18-14-10(2)13(15-9-16-14)17-11-6-5-7-12(8-11)19-3/h9,11-12H,4-8H2,1-3H3,(H,15,16,17). The molecule has 1 aliphatic rings. The number of rotatable bonds is 5. The largest absolute Gasteiger partial charge is 0.478 e. The molecule has 19 heavy (non-hydrogen) atoms. The van der Waals surface area contributed by atoms with Gasteiger partial charge in [0.15, 0.2) is 0 Å². The zero-order valence-electron chi connectivity index (χ0n) is 12.0. The van der Waals surface area contributed by atoms with E-state index in [1.165, 1.54) is 25.7 Å². The molecule has 5 heteroatoms. The molecule has 0 bridgehead atoms. The number of hydrogen-bond acceptors (Lipinski definition) is 5. The Bertz CT molecular complexity index is 414. The Balaban J connectivity index is 2.04. The fourth-order valence-electron chi connectivity index (χ4n) is 2.55. The SMILES string of the molecule is CCOc1ncnc(NC2CCCC(SC)C2)c1C. The van der Waals surface area contributed by atoms with Gasteiger partial charge in [0.1, 0.15) is 12.1 Å². The van der Waals surface area contributed by atoms with Crippen LogP contribution >= 0.6 is 11.8 Å². The Hall–Kier alpha value is -0.970. The quantitative estimate of drug-likeness (QED) is 0.897. The Morgan fingerprint density at radius 3 is 3.00 bits per heavy atom. The van der Waals surface area contributed by atoms with Crippen LogP contribution < -0.4 is 10.1 Å². The average Bonchev–Trinajstić information content (AvgIpc) is 2.44. The van der Waals surface area contributed by atoms with Crippen LogP contribution in [0.15, 0.2) is 6.33 Å². The predicted octanol–water partition coefficient (Wildman–Crippen LogP) is 3.27. The van der Waals surface area contributed by atoms with Crippen LogP contribution in [0.1, 0.15) is 38.2 Å². The van der Waals surface area contributed by atoms with Crippen molar-refractivity contribution < 1.29 is 4.74 Å². The maximum Gasteiger partial charge on any atom is 0.221 e. The minimum Gasteiger partial charge on any atom is -0.478 e. The van der Waals surface area contributed by atoms with Gasteiger partial charge in [0.25, 0.3) is 0 Å². The second-order valence-electron chi connectivity index (χ2n) is 4.95. The van der Waals surface area contributed by atoms with Gasteiger partial charge in [0.2, 0.25) is 5.88 Å². The van der Waals surface area contributed by atoms with Gasteiger partial charge in [-0.2, -0.15) is 11.8 Å². The summed E-state index contributed by atoms with van der Waals surface area (Å²) in [6.45, 7) is 4.62. The highest BCUT2D eigenvalue weighted by molar-refractivity contribution is 7.99. The Morgan fingerprint density at radius 1 is 1.42 bits per heavy atom. The number of ether oxygens (including phenoxy) is 1. The number of nitrogens with zero attached hydrogens (tertiary/aromatic N) is 2. The Kier molecular flexibility index (Phi) is 5.31. The van der Waals surface area contributed by atoms with Crippen LogP contribution in [0.2, 0.25) is 0 Å². The predicted molar refractivity (Wildman–Crippen MR) is 81.1 cm³/mol. The molecule has 0 radical (unpaired) electrons. The number of hydrogen-bond donors (Lipinski definition) is 1. The summed E-state index contributed by atoms with van der Waals surface area (Å²) < 4.78 is 5.51. The van der Waals surface area contributed by atoms with Gasteiger partial charge in [-0.3, -0.25) is 0 Å². The Labute approximate surface area is 119 Å². The van der Waals surface area contributed by atoms with Crippen molar-refractivity contribution in [2.24, 2.45) is 0 Å². The number of anilines is 1. The molecule has 0 aliphatic heterocycles. The topological polar surface area (TPSA) is 47.0 Å². The molecule has 0 spiro atoms. The van der Waals surface area contributed by atoms with Crippen LogP contribution in [0.3, 0.4) is 0 Å². The molecule has 0 amide bonds. The summed E-state index contributed by atoms with van der Waals surface area (Å²) in [7, 11) is 0. The summed E-state index contributed by atoms with van der Waals surface area (Å²) in [5, 5.41) is 4.35. The van der Waals surface area contributed by atoms with Gasteiger partial charge >= 0.3 is 0 Å². The van der Waals surface area contributed by atoms with Gasteiger partial charge in [-0.15, -0.1) is 0 Å². The summed E-state index contributed by atoms with van der Waals surface area (Å²) in [6, 6.07) is 0.522. The van der Waals surface area contributed by atoms with E-state index in [1.54, 1.807) is 6.33 Å². The molecule has 2 atom stereocenters. The summed E-state index contributed by atoms with van der Waals surface area (Å²) in [6.07, 6.45) is 8.86. The van der Waals surface area contributed by atoms with Crippen molar-refractivity contribution in [1.29, 1.82) is 0 Å². The normalized spacial score (nSPS) is 23.1. The van der Waals surface area contributed by atoms with Gasteiger partial charge in [0, 0.05) is 11.3 Å². The minimum absolute atomic E-state index is 0.522. The zero-order chi connectivity index (χ0) is 13.7. The third-order valence-corrected chi connectivity index (χ3v) is 4.71. The van der Waals surface area contributed by atoms with Crippen LogP contribution in [0.5, 0.6) is 5.88 Å². The second kappa shape index (κ2) is 6.98. The van der Waals surface area contributed by atoms with Crippen LogP contribution in [0, 0.1) is 6.92 Å². The van der Waals surface area contributed by atoms with Crippen molar-refractivity contribution in [2.45, 2.75) is 50.8 Å². The van der Waals surface area contributed by atoms with E-state index >= 15 is 0 Å².